The Bertz CT molecular complexity index is 1810. The number of ether oxygens (including phenoxy) is 2. The number of nitrogens with zero attached hydrogens (tertiary/aromatic N) is 2. The van der Waals surface area contributed by atoms with Gasteiger partial charge in [0.2, 0.25) is 11.8 Å². The first-order valence-electron chi connectivity index (χ1n) is 15.4. The van der Waals surface area contributed by atoms with Crippen LogP contribution in [-0.2, 0) is 32.6 Å². The highest BCUT2D eigenvalue weighted by molar-refractivity contribution is 7.92. The largest absolute Gasteiger partial charge is 0.493 e. The molecular weight excluding hydrogens is 673 g/mol. The third kappa shape index (κ3) is 9.00. The van der Waals surface area contributed by atoms with Crippen molar-refractivity contribution in [2.75, 3.05) is 25.1 Å². The molecule has 254 valence electrons. The first-order valence-corrected chi connectivity index (χ1v) is 17.6. The van der Waals surface area contributed by atoms with Crippen molar-refractivity contribution in [2.24, 2.45) is 0 Å². The fraction of sp³-hybridized carbons (Fsp3) is 0.278. The number of amides is 2. The summed E-state index contributed by atoms with van der Waals surface area (Å²) in [6.45, 7) is 3.10. The van der Waals surface area contributed by atoms with Crippen molar-refractivity contribution < 1.29 is 27.5 Å². The topological polar surface area (TPSA) is 105 Å². The number of carbonyl (C=O) groups excluding carboxylic acids is 2. The average molecular weight is 713 g/mol. The second-order valence-corrected chi connectivity index (χ2v) is 13.9. The molecule has 4 aromatic carbocycles. The first-order chi connectivity index (χ1) is 23.0. The summed E-state index contributed by atoms with van der Waals surface area (Å²) < 4.78 is 40.3. The molecule has 4 aromatic rings. The Morgan fingerprint density at radius 1 is 0.854 bits per heavy atom. The standard InChI is InChI=1S/C36H39Cl2N3O6S/c1-5-25(2)39-36(43)32(20-26-12-8-6-9-13-26)40(23-27-16-17-28(37)21-31(27)38)35(42)24-41(48(44,45)30-14-10-7-11-15-30)29-18-19-33(46-3)34(22-29)47-4/h6-19,21-22,25,32H,5,20,23-24H2,1-4H3,(H,39,43)/t25-,32-/m1/s1. The number of methoxy groups -OCH3 is 2. The fourth-order valence-electron chi connectivity index (χ4n) is 5.06. The molecule has 0 heterocycles. The van der Waals surface area contributed by atoms with Gasteiger partial charge >= 0.3 is 0 Å². The highest BCUT2D eigenvalue weighted by atomic mass is 35.5. The molecule has 0 saturated heterocycles. The number of anilines is 1. The number of halogens is 2. The minimum absolute atomic E-state index is 0.0183. The Kier molecular flexibility index (Phi) is 12.7. The normalized spacial score (nSPS) is 12.5. The van der Waals surface area contributed by atoms with Gasteiger partial charge in [-0.1, -0.05) is 84.7 Å². The van der Waals surface area contributed by atoms with Crippen molar-refractivity contribution in [1.29, 1.82) is 0 Å². The van der Waals surface area contributed by atoms with Gasteiger partial charge in [-0.3, -0.25) is 13.9 Å². The van der Waals surface area contributed by atoms with Gasteiger partial charge in [0, 0.05) is 35.1 Å². The lowest BCUT2D eigenvalue weighted by molar-refractivity contribution is -0.140. The van der Waals surface area contributed by atoms with E-state index in [9.17, 15) is 18.0 Å². The zero-order valence-corrected chi connectivity index (χ0v) is 29.6. The quantitative estimate of drug-likeness (QED) is 0.146. The van der Waals surface area contributed by atoms with Crippen LogP contribution in [0.1, 0.15) is 31.4 Å². The number of nitrogens with one attached hydrogen (secondary N) is 1. The van der Waals surface area contributed by atoms with E-state index in [1.54, 1.807) is 42.5 Å². The first kappa shape index (κ1) is 36.6. The summed E-state index contributed by atoms with van der Waals surface area (Å²) >= 11 is 12.8. The summed E-state index contributed by atoms with van der Waals surface area (Å²) in [5.74, 6) is -0.352. The summed E-state index contributed by atoms with van der Waals surface area (Å²) in [7, 11) is -1.39. The van der Waals surface area contributed by atoms with Gasteiger partial charge in [0.15, 0.2) is 11.5 Å². The number of rotatable bonds is 15. The van der Waals surface area contributed by atoms with Crippen molar-refractivity contribution in [1.82, 2.24) is 10.2 Å². The SMILES string of the molecule is CC[C@@H](C)NC(=O)[C@@H](Cc1ccccc1)N(Cc1ccc(Cl)cc1Cl)C(=O)CN(c1ccc(OC)c(OC)c1)S(=O)(=O)c1ccccc1. The third-order valence-electron chi connectivity index (χ3n) is 7.89. The summed E-state index contributed by atoms with van der Waals surface area (Å²) in [6, 6.07) is 25.4. The molecule has 0 bridgehead atoms. The molecule has 0 unspecified atom stereocenters. The van der Waals surface area contributed by atoms with Gasteiger partial charge in [0.25, 0.3) is 10.0 Å². The number of sulfonamides is 1. The summed E-state index contributed by atoms with van der Waals surface area (Å²) in [6.07, 6.45) is 0.838. The predicted octanol–water partition coefficient (Wildman–Crippen LogP) is 6.76. The van der Waals surface area contributed by atoms with Crippen LogP contribution >= 0.6 is 23.2 Å². The Morgan fingerprint density at radius 3 is 2.10 bits per heavy atom. The highest BCUT2D eigenvalue weighted by Crippen LogP contribution is 2.34. The minimum atomic E-state index is -4.30. The molecule has 2 atom stereocenters. The van der Waals surface area contributed by atoms with Crippen molar-refractivity contribution in [3.05, 3.63) is 118 Å². The Balaban J connectivity index is 1.86. The fourth-order valence-corrected chi connectivity index (χ4v) is 6.95. The van der Waals surface area contributed by atoms with Gasteiger partial charge < -0.3 is 19.7 Å². The molecule has 48 heavy (non-hydrogen) atoms. The lowest BCUT2D eigenvalue weighted by Crippen LogP contribution is -2.54. The van der Waals surface area contributed by atoms with Gasteiger partial charge in [-0.25, -0.2) is 8.42 Å². The van der Waals surface area contributed by atoms with Gasteiger partial charge in [-0.05, 0) is 60.9 Å². The van der Waals surface area contributed by atoms with E-state index in [0.29, 0.717) is 27.8 Å². The maximum Gasteiger partial charge on any atom is 0.264 e. The lowest BCUT2D eigenvalue weighted by Gasteiger charge is -2.34. The number of carbonyl (C=O) groups is 2. The highest BCUT2D eigenvalue weighted by Gasteiger charge is 2.35. The molecule has 0 aliphatic heterocycles. The smallest absolute Gasteiger partial charge is 0.264 e. The summed E-state index contributed by atoms with van der Waals surface area (Å²) in [4.78, 5) is 30.0. The Morgan fingerprint density at radius 2 is 1.50 bits per heavy atom. The van der Waals surface area contributed by atoms with Crippen LogP contribution in [0.3, 0.4) is 0 Å². The van der Waals surface area contributed by atoms with Crippen LogP contribution in [0, 0.1) is 0 Å². The van der Waals surface area contributed by atoms with E-state index in [1.165, 1.54) is 43.4 Å². The van der Waals surface area contributed by atoms with Crippen molar-refractivity contribution in [3.63, 3.8) is 0 Å². The van der Waals surface area contributed by atoms with Gasteiger partial charge in [-0.2, -0.15) is 0 Å². The number of benzene rings is 4. The molecule has 0 fully saturated rings. The van der Waals surface area contributed by atoms with E-state index < -0.39 is 28.5 Å². The van der Waals surface area contributed by atoms with Crippen LogP contribution in [-0.4, -0.2) is 58.0 Å². The lowest BCUT2D eigenvalue weighted by atomic mass is 10.0. The van der Waals surface area contributed by atoms with E-state index in [-0.39, 0.29) is 41.2 Å². The summed E-state index contributed by atoms with van der Waals surface area (Å²) in [5, 5.41) is 3.72. The minimum Gasteiger partial charge on any atom is -0.493 e. The van der Waals surface area contributed by atoms with Gasteiger partial charge in [0.05, 0.1) is 24.8 Å². The van der Waals surface area contributed by atoms with Crippen LogP contribution in [0.25, 0.3) is 0 Å². The van der Waals surface area contributed by atoms with Crippen LogP contribution in [0.15, 0.2) is 102 Å². The molecule has 0 saturated carbocycles. The molecule has 9 nitrogen and oxygen atoms in total. The molecule has 1 N–H and O–H groups in total. The number of hydrogen-bond acceptors (Lipinski definition) is 6. The van der Waals surface area contributed by atoms with Gasteiger partial charge in [-0.15, -0.1) is 0 Å². The van der Waals surface area contributed by atoms with Crippen LogP contribution in [0.2, 0.25) is 10.0 Å². The Labute approximate surface area is 292 Å². The van der Waals surface area contributed by atoms with E-state index in [4.69, 9.17) is 32.7 Å². The molecule has 0 aliphatic carbocycles. The second kappa shape index (κ2) is 16.7. The molecule has 2 amide bonds. The van der Waals surface area contributed by atoms with E-state index in [1.807, 2.05) is 44.2 Å². The molecule has 0 aromatic heterocycles. The van der Waals surface area contributed by atoms with Crippen molar-refractivity contribution in [2.45, 2.75) is 50.2 Å². The van der Waals surface area contributed by atoms with Gasteiger partial charge in [0.1, 0.15) is 12.6 Å². The Hall–Kier alpha value is -4.25. The number of hydrogen-bond donors (Lipinski definition) is 1. The molecule has 0 aliphatic rings. The van der Waals surface area contributed by atoms with Crippen LogP contribution in [0.4, 0.5) is 5.69 Å². The maximum absolute atomic E-state index is 14.7. The molecule has 12 heteroatoms. The van der Waals surface area contributed by atoms with E-state index >= 15 is 0 Å². The second-order valence-electron chi connectivity index (χ2n) is 11.1. The third-order valence-corrected chi connectivity index (χ3v) is 10.3. The molecular formula is C36H39Cl2N3O6S. The average Bonchev–Trinajstić information content (AvgIpc) is 3.09. The maximum atomic E-state index is 14.7. The van der Waals surface area contributed by atoms with E-state index in [0.717, 1.165) is 9.87 Å². The zero-order valence-electron chi connectivity index (χ0n) is 27.2. The molecule has 0 radical (unpaired) electrons. The van der Waals surface area contributed by atoms with E-state index in [2.05, 4.69) is 5.32 Å². The van der Waals surface area contributed by atoms with Crippen molar-refractivity contribution >= 4 is 50.7 Å². The monoisotopic (exact) mass is 711 g/mol. The predicted molar refractivity (Wildman–Crippen MR) is 189 cm³/mol. The van der Waals surface area contributed by atoms with Crippen LogP contribution < -0.4 is 19.1 Å². The summed E-state index contributed by atoms with van der Waals surface area (Å²) in [5.41, 5.74) is 1.51. The van der Waals surface area contributed by atoms with Crippen molar-refractivity contribution in [3.8, 4) is 11.5 Å². The molecule has 4 rings (SSSR count). The zero-order chi connectivity index (χ0) is 34.8. The van der Waals surface area contributed by atoms with Crippen LogP contribution in [0.5, 0.6) is 11.5 Å². The molecule has 0 spiro atoms.